The van der Waals surface area contributed by atoms with Gasteiger partial charge in [-0.2, -0.15) is 0 Å². The van der Waals surface area contributed by atoms with Crippen molar-refractivity contribution in [3.8, 4) is 11.3 Å². The van der Waals surface area contributed by atoms with Gasteiger partial charge in [0, 0.05) is 17.7 Å². The summed E-state index contributed by atoms with van der Waals surface area (Å²) in [5.74, 6) is 0. The molecule has 0 bridgehead atoms. The van der Waals surface area contributed by atoms with Gasteiger partial charge in [-0.1, -0.05) is 37.6 Å². The Bertz CT molecular complexity index is 821. The van der Waals surface area contributed by atoms with E-state index in [0.29, 0.717) is 21.8 Å². The van der Waals surface area contributed by atoms with Crippen LogP contribution in [0.3, 0.4) is 0 Å². The topological polar surface area (TPSA) is 68.9 Å². The molecule has 3 aromatic rings. The fraction of sp³-hybridized carbons (Fsp3) is 0.125. The molecular formula is C16H14ClN3O2. The summed E-state index contributed by atoms with van der Waals surface area (Å²) in [5.41, 5.74) is 2.46. The Hall–Kier alpha value is -2.53. The highest BCUT2D eigenvalue weighted by Crippen LogP contribution is 2.30. The molecule has 0 radical (unpaired) electrons. The monoisotopic (exact) mass is 315 g/mol. The second-order valence-corrected chi connectivity index (χ2v) is 4.57. The third kappa shape index (κ3) is 3.20. The van der Waals surface area contributed by atoms with Crippen LogP contribution in [0.5, 0.6) is 0 Å². The third-order valence-electron chi connectivity index (χ3n) is 2.89. The summed E-state index contributed by atoms with van der Waals surface area (Å²) < 4.78 is 0. The van der Waals surface area contributed by atoms with E-state index in [1.165, 1.54) is 18.2 Å². The van der Waals surface area contributed by atoms with Crippen LogP contribution in [0, 0.1) is 10.1 Å². The largest absolute Gasteiger partial charge is 0.270 e. The minimum atomic E-state index is -0.464. The molecule has 0 unspecified atom stereocenters. The predicted octanol–water partition coefficient (Wildman–Crippen LogP) is 4.88. The number of rotatable bonds is 2. The van der Waals surface area contributed by atoms with E-state index in [9.17, 15) is 10.1 Å². The molecule has 0 atom stereocenters. The molecule has 0 amide bonds. The zero-order valence-corrected chi connectivity index (χ0v) is 12.9. The molecule has 5 nitrogen and oxygen atoms in total. The van der Waals surface area contributed by atoms with Crippen LogP contribution in [0.25, 0.3) is 22.3 Å². The first-order valence-corrected chi connectivity index (χ1v) is 7.19. The first-order valence-electron chi connectivity index (χ1n) is 6.81. The van der Waals surface area contributed by atoms with Crippen molar-refractivity contribution in [3.63, 3.8) is 0 Å². The van der Waals surface area contributed by atoms with Crippen molar-refractivity contribution < 1.29 is 4.92 Å². The summed E-state index contributed by atoms with van der Waals surface area (Å²) in [6, 6.07) is 11.7. The summed E-state index contributed by atoms with van der Waals surface area (Å²) in [4.78, 5) is 19.1. The Kier molecular flexibility index (Phi) is 5.01. The summed E-state index contributed by atoms with van der Waals surface area (Å²) in [6.45, 7) is 4.00. The molecule has 0 aliphatic rings. The molecule has 0 aliphatic carbocycles. The lowest BCUT2D eigenvalue weighted by molar-refractivity contribution is -0.384. The van der Waals surface area contributed by atoms with E-state index >= 15 is 0 Å². The zero-order valence-electron chi connectivity index (χ0n) is 12.2. The molecule has 0 N–H and O–H groups in total. The van der Waals surface area contributed by atoms with E-state index in [4.69, 9.17) is 11.6 Å². The molecule has 3 rings (SSSR count). The molecule has 0 fully saturated rings. The molecule has 1 aromatic heterocycles. The standard InChI is InChI=1S/C14H8ClN3O2.C2H6/c15-11-6-5-9(18(19)20)7-10(11)14-8-16-12-3-1-2-4-13(12)17-14;1-2/h1-8H;1-2H3. The first kappa shape index (κ1) is 15.9. The van der Waals surface area contributed by atoms with E-state index in [-0.39, 0.29) is 5.69 Å². The van der Waals surface area contributed by atoms with Gasteiger partial charge < -0.3 is 0 Å². The van der Waals surface area contributed by atoms with Crippen molar-refractivity contribution in [2.45, 2.75) is 13.8 Å². The molecule has 112 valence electrons. The van der Waals surface area contributed by atoms with Gasteiger partial charge in [-0.25, -0.2) is 4.98 Å². The number of nitro benzene ring substituents is 1. The van der Waals surface area contributed by atoms with E-state index in [0.717, 1.165) is 5.52 Å². The van der Waals surface area contributed by atoms with Gasteiger partial charge >= 0.3 is 0 Å². The van der Waals surface area contributed by atoms with Crippen molar-refractivity contribution in [1.29, 1.82) is 0 Å². The zero-order chi connectivity index (χ0) is 16.1. The number of fused-ring (bicyclic) bond motifs is 1. The number of hydrogen-bond donors (Lipinski definition) is 0. The minimum Gasteiger partial charge on any atom is -0.258 e. The molecule has 0 aliphatic heterocycles. The second kappa shape index (κ2) is 6.95. The molecule has 0 spiro atoms. The molecule has 0 saturated heterocycles. The lowest BCUT2D eigenvalue weighted by Gasteiger charge is -2.04. The molecule has 22 heavy (non-hydrogen) atoms. The fourth-order valence-corrected chi connectivity index (χ4v) is 2.12. The number of nitrogens with zero attached hydrogens (tertiary/aromatic N) is 3. The summed E-state index contributed by atoms with van der Waals surface area (Å²) >= 11 is 6.10. The van der Waals surface area contributed by atoms with E-state index < -0.39 is 4.92 Å². The maximum atomic E-state index is 10.8. The Morgan fingerprint density at radius 1 is 1.09 bits per heavy atom. The summed E-state index contributed by atoms with van der Waals surface area (Å²) in [7, 11) is 0. The van der Waals surface area contributed by atoms with Gasteiger partial charge in [-0.15, -0.1) is 0 Å². The van der Waals surface area contributed by atoms with Gasteiger partial charge in [-0.3, -0.25) is 15.1 Å². The van der Waals surface area contributed by atoms with Gasteiger partial charge in [0.2, 0.25) is 0 Å². The lowest BCUT2D eigenvalue weighted by atomic mass is 10.1. The summed E-state index contributed by atoms with van der Waals surface area (Å²) in [6.07, 6.45) is 1.56. The predicted molar refractivity (Wildman–Crippen MR) is 88.0 cm³/mol. The van der Waals surface area contributed by atoms with Crippen LogP contribution in [-0.4, -0.2) is 14.9 Å². The van der Waals surface area contributed by atoms with Crippen molar-refractivity contribution >= 4 is 28.3 Å². The number of non-ortho nitro benzene ring substituents is 1. The van der Waals surface area contributed by atoms with Crippen LogP contribution in [-0.2, 0) is 0 Å². The smallest absolute Gasteiger partial charge is 0.258 e. The van der Waals surface area contributed by atoms with E-state index in [1.54, 1.807) is 6.20 Å². The van der Waals surface area contributed by atoms with Crippen LogP contribution in [0.1, 0.15) is 13.8 Å². The Morgan fingerprint density at radius 3 is 2.45 bits per heavy atom. The molecule has 6 heteroatoms. The second-order valence-electron chi connectivity index (χ2n) is 4.17. The van der Waals surface area contributed by atoms with Crippen molar-refractivity contribution in [3.05, 3.63) is 63.8 Å². The number of hydrogen-bond acceptors (Lipinski definition) is 4. The average Bonchev–Trinajstić information content (AvgIpc) is 2.56. The third-order valence-corrected chi connectivity index (χ3v) is 3.21. The van der Waals surface area contributed by atoms with Crippen LogP contribution in [0.2, 0.25) is 5.02 Å². The number of nitro groups is 1. The normalized spacial score (nSPS) is 9.95. The van der Waals surface area contributed by atoms with Crippen LogP contribution in [0.4, 0.5) is 5.69 Å². The summed E-state index contributed by atoms with van der Waals surface area (Å²) in [5, 5.41) is 11.2. The van der Waals surface area contributed by atoms with Gasteiger partial charge in [-0.05, 0) is 18.2 Å². The van der Waals surface area contributed by atoms with Crippen LogP contribution in [0.15, 0.2) is 48.7 Å². The highest BCUT2D eigenvalue weighted by Gasteiger charge is 2.13. The van der Waals surface area contributed by atoms with Gasteiger partial charge in [0.25, 0.3) is 5.69 Å². The maximum absolute atomic E-state index is 10.8. The maximum Gasteiger partial charge on any atom is 0.270 e. The molecular weight excluding hydrogens is 302 g/mol. The average molecular weight is 316 g/mol. The van der Waals surface area contributed by atoms with E-state index in [2.05, 4.69) is 9.97 Å². The number of para-hydroxylation sites is 2. The Balaban J connectivity index is 0.000000847. The van der Waals surface area contributed by atoms with Crippen molar-refractivity contribution in [2.75, 3.05) is 0 Å². The molecule has 0 saturated carbocycles. The molecule has 2 aromatic carbocycles. The lowest BCUT2D eigenvalue weighted by Crippen LogP contribution is -1.92. The SMILES string of the molecule is CC.O=[N+]([O-])c1ccc(Cl)c(-c2cnc3ccccc3n2)c1. The van der Waals surface area contributed by atoms with Crippen LogP contribution >= 0.6 is 11.6 Å². The number of aromatic nitrogens is 2. The number of benzene rings is 2. The number of halogens is 1. The quantitative estimate of drug-likeness (QED) is 0.499. The fourth-order valence-electron chi connectivity index (χ4n) is 1.91. The highest BCUT2D eigenvalue weighted by atomic mass is 35.5. The van der Waals surface area contributed by atoms with Crippen molar-refractivity contribution in [2.24, 2.45) is 0 Å². The van der Waals surface area contributed by atoms with Gasteiger partial charge in [0.15, 0.2) is 0 Å². The highest BCUT2D eigenvalue weighted by molar-refractivity contribution is 6.33. The Morgan fingerprint density at radius 2 is 1.77 bits per heavy atom. The van der Waals surface area contributed by atoms with Gasteiger partial charge in [0.05, 0.1) is 32.9 Å². The first-order chi connectivity index (χ1) is 10.6. The van der Waals surface area contributed by atoms with Gasteiger partial charge in [0.1, 0.15) is 0 Å². The van der Waals surface area contributed by atoms with Crippen molar-refractivity contribution in [1.82, 2.24) is 9.97 Å². The van der Waals surface area contributed by atoms with Crippen LogP contribution < -0.4 is 0 Å². The van der Waals surface area contributed by atoms with E-state index in [1.807, 2.05) is 38.1 Å². The Labute approximate surface area is 132 Å². The molecule has 1 heterocycles. The minimum absolute atomic E-state index is 0.0284.